The van der Waals surface area contributed by atoms with Gasteiger partial charge >= 0.3 is 33.6 Å². The number of aliphatic hydroxyl groups excluding tert-OH is 2. The van der Waals surface area contributed by atoms with Gasteiger partial charge in [-0.1, -0.05) is 235 Å². The Morgan fingerprint density at radius 1 is 0.322 bits per heavy atom. The number of allylic oxidation sites excluding steroid dienone is 12. The summed E-state index contributed by atoms with van der Waals surface area (Å²) in [7, 11) is -9.76. The fourth-order valence-electron chi connectivity index (χ4n) is 9.06. The average molecular weight is 1270 g/mol. The van der Waals surface area contributed by atoms with Gasteiger partial charge in [0.2, 0.25) is 0 Å². The number of unbranched alkanes of at least 4 members (excludes halogenated alkanes) is 30. The van der Waals surface area contributed by atoms with Crippen LogP contribution < -0.4 is 0 Å². The van der Waals surface area contributed by atoms with Gasteiger partial charge in [0.05, 0.1) is 26.4 Å². The number of carbonyl (C=O) groups excluding carboxylic acids is 3. The normalized spacial score (nSPS) is 14.7. The Bertz CT molecular complexity index is 1880. The molecule has 0 saturated carbocycles. The van der Waals surface area contributed by atoms with Crippen molar-refractivity contribution in [3.05, 3.63) is 72.9 Å². The average Bonchev–Trinajstić information content (AvgIpc) is 3.70. The fourth-order valence-corrected chi connectivity index (χ4v) is 10.6. The molecule has 0 aromatic carbocycles. The number of phosphoric acid groups is 2. The largest absolute Gasteiger partial charge is 0.472 e. The van der Waals surface area contributed by atoms with E-state index in [9.17, 15) is 43.5 Å². The van der Waals surface area contributed by atoms with Crippen LogP contribution in [0.4, 0.5) is 0 Å². The van der Waals surface area contributed by atoms with Crippen molar-refractivity contribution in [2.24, 2.45) is 0 Å². The molecule has 0 radical (unpaired) electrons. The van der Waals surface area contributed by atoms with Crippen molar-refractivity contribution >= 4 is 33.6 Å². The maximum Gasteiger partial charge on any atom is 0.472 e. The van der Waals surface area contributed by atoms with Crippen LogP contribution in [0.3, 0.4) is 0 Å². The molecular formula is C69H124O16P2. The lowest BCUT2D eigenvalue weighted by molar-refractivity contribution is -0.161. The first-order valence-corrected chi connectivity index (χ1v) is 37.2. The first-order chi connectivity index (χ1) is 42.2. The Morgan fingerprint density at radius 2 is 0.586 bits per heavy atom. The molecule has 18 heteroatoms. The number of carbonyl (C=O) groups is 3. The summed E-state index contributed by atoms with van der Waals surface area (Å²) < 4.78 is 60.7. The van der Waals surface area contributed by atoms with E-state index >= 15 is 0 Å². The van der Waals surface area contributed by atoms with Crippen molar-refractivity contribution in [3.8, 4) is 0 Å². The molecule has 0 aliphatic carbocycles. The zero-order chi connectivity index (χ0) is 63.8. The summed E-state index contributed by atoms with van der Waals surface area (Å²) in [5.41, 5.74) is 0. The summed E-state index contributed by atoms with van der Waals surface area (Å²) in [5.74, 6) is -1.59. The summed E-state index contributed by atoms with van der Waals surface area (Å²) >= 11 is 0. The van der Waals surface area contributed by atoms with Crippen LogP contribution in [0.5, 0.6) is 0 Å². The van der Waals surface area contributed by atoms with Gasteiger partial charge in [-0.2, -0.15) is 0 Å². The van der Waals surface area contributed by atoms with Gasteiger partial charge < -0.3 is 34.2 Å². The lowest BCUT2D eigenvalue weighted by atomic mass is 10.0. The van der Waals surface area contributed by atoms with Gasteiger partial charge in [-0.3, -0.25) is 32.5 Å². The molecule has 0 aromatic rings. The van der Waals surface area contributed by atoms with Crippen LogP contribution in [-0.4, -0.2) is 95.9 Å². The van der Waals surface area contributed by atoms with Crippen molar-refractivity contribution < 1.29 is 75.8 Å². The van der Waals surface area contributed by atoms with E-state index in [1.54, 1.807) is 0 Å². The number of hydrogen-bond acceptors (Lipinski definition) is 14. The molecule has 87 heavy (non-hydrogen) atoms. The predicted molar refractivity (Wildman–Crippen MR) is 353 cm³/mol. The summed E-state index contributed by atoms with van der Waals surface area (Å²) in [6, 6.07) is 0. The van der Waals surface area contributed by atoms with Gasteiger partial charge in [0, 0.05) is 19.3 Å². The SMILES string of the molecule is CCCC/C=C\CCCCCCCC(=O)OC(COC(=O)CCCCCCC/C=C\CCCCCC)COP(=O)(O)OCC(O)COP(=O)(O)OCC(O)COC(=O)CCCCCCCCCCCCC/C=C\C/C=C\C/C=C\C/C=C\CCCCC. The third-order valence-electron chi connectivity index (χ3n) is 14.4. The minimum absolute atomic E-state index is 0.0946. The lowest BCUT2D eigenvalue weighted by Crippen LogP contribution is -2.30. The highest BCUT2D eigenvalue weighted by Gasteiger charge is 2.29. The van der Waals surface area contributed by atoms with E-state index in [4.69, 9.17) is 32.3 Å². The Hall–Kier alpha value is -3.01. The molecule has 506 valence electrons. The Labute approximate surface area is 528 Å². The molecule has 0 aliphatic heterocycles. The molecule has 0 aromatic heterocycles. The van der Waals surface area contributed by atoms with Gasteiger partial charge in [-0.05, 0) is 109 Å². The molecule has 5 atom stereocenters. The highest BCUT2D eigenvalue weighted by atomic mass is 31.2. The van der Waals surface area contributed by atoms with E-state index in [0.717, 1.165) is 122 Å². The van der Waals surface area contributed by atoms with Gasteiger partial charge in [0.1, 0.15) is 25.4 Å². The third-order valence-corrected chi connectivity index (χ3v) is 16.3. The number of rotatable bonds is 65. The summed E-state index contributed by atoms with van der Waals surface area (Å²) in [4.78, 5) is 58.2. The first-order valence-electron chi connectivity index (χ1n) is 34.2. The quantitative estimate of drug-likeness (QED) is 0.0146. The van der Waals surface area contributed by atoms with E-state index in [-0.39, 0.29) is 19.3 Å². The number of aliphatic hydroxyl groups is 2. The monoisotopic (exact) mass is 1270 g/mol. The van der Waals surface area contributed by atoms with Gasteiger partial charge in [0.25, 0.3) is 0 Å². The van der Waals surface area contributed by atoms with Crippen LogP contribution in [-0.2, 0) is 55.8 Å². The Balaban J connectivity index is 4.42. The molecule has 0 heterocycles. The third kappa shape index (κ3) is 64.3. The molecule has 5 unspecified atom stereocenters. The molecule has 0 aliphatic rings. The van der Waals surface area contributed by atoms with Crippen LogP contribution in [0, 0.1) is 0 Å². The Kier molecular flexibility index (Phi) is 61.0. The summed E-state index contributed by atoms with van der Waals surface area (Å²) in [5, 5.41) is 20.5. The van der Waals surface area contributed by atoms with Crippen LogP contribution in [0.1, 0.15) is 290 Å². The first kappa shape index (κ1) is 84.0. The van der Waals surface area contributed by atoms with Crippen molar-refractivity contribution in [3.63, 3.8) is 0 Å². The van der Waals surface area contributed by atoms with E-state index in [2.05, 4.69) is 93.7 Å². The van der Waals surface area contributed by atoms with E-state index < -0.39 is 91.5 Å². The van der Waals surface area contributed by atoms with Gasteiger partial charge in [0.15, 0.2) is 6.10 Å². The van der Waals surface area contributed by atoms with Crippen LogP contribution >= 0.6 is 15.6 Å². The number of hydrogen-bond donors (Lipinski definition) is 4. The number of ether oxygens (including phenoxy) is 3. The number of phosphoric ester groups is 2. The van der Waals surface area contributed by atoms with Gasteiger partial charge in [-0.15, -0.1) is 0 Å². The summed E-state index contributed by atoms with van der Waals surface area (Å²) in [6.45, 7) is 2.57. The molecule has 0 spiro atoms. The second-order valence-corrected chi connectivity index (χ2v) is 25.9. The zero-order valence-corrected chi connectivity index (χ0v) is 56.5. The van der Waals surface area contributed by atoms with Crippen LogP contribution in [0.15, 0.2) is 72.9 Å². The maximum absolute atomic E-state index is 12.8. The molecule has 0 amide bonds. The topological polar surface area (TPSA) is 231 Å². The highest BCUT2D eigenvalue weighted by Crippen LogP contribution is 2.45. The molecule has 0 rings (SSSR count). The highest BCUT2D eigenvalue weighted by molar-refractivity contribution is 7.47. The standard InChI is InChI=1S/C69H124O16P2/c1-4-7-10-13-16-19-22-24-25-26-27-28-29-30-31-32-33-34-35-36-37-39-42-43-46-49-52-55-67(72)79-58-64(70)59-81-86(75,76)82-60-65(71)61-83-87(77,78)84-63-66(85-69(74)57-54-51-48-45-40-21-18-15-12-9-6-3)62-80-68(73)56-53-50-47-44-41-38-23-20-17-14-11-8-5-2/h15-16,18-20,23-25,27-28,30-31,64-66,70-71H,4-14,17,21-22,26,29,32-63H2,1-3H3,(H,75,76)(H,77,78)/b18-15-,19-16-,23-20-,25-24-,28-27-,31-30-. The molecular weight excluding hydrogens is 1150 g/mol. The number of esters is 3. The fraction of sp³-hybridized carbons (Fsp3) is 0.783. The van der Waals surface area contributed by atoms with Crippen molar-refractivity contribution in [2.75, 3.05) is 39.6 Å². The maximum atomic E-state index is 12.8. The van der Waals surface area contributed by atoms with Crippen molar-refractivity contribution in [1.29, 1.82) is 0 Å². The zero-order valence-electron chi connectivity index (χ0n) is 54.7. The second kappa shape index (κ2) is 63.2. The smallest absolute Gasteiger partial charge is 0.463 e. The predicted octanol–water partition coefficient (Wildman–Crippen LogP) is 18.8. The molecule has 0 saturated heterocycles. The van der Waals surface area contributed by atoms with E-state index in [0.29, 0.717) is 19.3 Å². The summed E-state index contributed by atoms with van der Waals surface area (Å²) in [6.07, 6.45) is 65.5. The van der Waals surface area contributed by atoms with E-state index in [1.165, 1.54) is 109 Å². The van der Waals surface area contributed by atoms with Crippen molar-refractivity contribution in [1.82, 2.24) is 0 Å². The Morgan fingerprint density at radius 3 is 0.977 bits per heavy atom. The second-order valence-electron chi connectivity index (χ2n) is 23.0. The van der Waals surface area contributed by atoms with E-state index in [1.807, 2.05) is 0 Å². The molecule has 16 nitrogen and oxygen atoms in total. The molecule has 4 N–H and O–H groups in total. The molecule has 0 fully saturated rings. The van der Waals surface area contributed by atoms with Crippen molar-refractivity contribution in [2.45, 2.75) is 309 Å². The minimum Gasteiger partial charge on any atom is -0.463 e. The van der Waals surface area contributed by atoms with Crippen LogP contribution in [0.25, 0.3) is 0 Å². The van der Waals surface area contributed by atoms with Crippen LogP contribution in [0.2, 0.25) is 0 Å². The lowest BCUT2D eigenvalue weighted by Gasteiger charge is -2.21. The van der Waals surface area contributed by atoms with Gasteiger partial charge in [-0.25, -0.2) is 9.13 Å². The minimum atomic E-state index is -4.92. The molecule has 0 bridgehead atoms.